The van der Waals surface area contributed by atoms with Crippen LogP contribution in [0.3, 0.4) is 0 Å². The molecule has 20 heavy (non-hydrogen) atoms. The minimum atomic E-state index is -1.03. The summed E-state index contributed by atoms with van der Waals surface area (Å²) in [6.07, 6.45) is -0.345. The molecule has 0 radical (unpaired) electrons. The van der Waals surface area contributed by atoms with Crippen LogP contribution in [-0.2, 0) is 11.3 Å². The maximum atomic E-state index is 13.2. The highest BCUT2D eigenvalue weighted by Gasteiger charge is 2.34. The summed E-state index contributed by atoms with van der Waals surface area (Å²) >= 11 is 0. The molecule has 0 aliphatic carbocycles. The minimum Gasteiger partial charge on any atom is -0.465 e. The number of rotatable bonds is 6. The Bertz CT molecular complexity index is 426. The maximum absolute atomic E-state index is 13.2. The summed E-state index contributed by atoms with van der Waals surface area (Å²) in [5, 5.41) is 8.98. The van der Waals surface area contributed by atoms with Crippen molar-refractivity contribution in [3.63, 3.8) is 0 Å². The number of hydrogen-bond donors (Lipinski definition) is 1. The van der Waals surface area contributed by atoms with Gasteiger partial charge in [-0.2, -0.15) is 0 Å². The third kappa shape index (κ3) is 4.20. The summed E-state index contributed by atoms with van der Waals surface area (Å²) in [7, 11) is 0. The quantitative estimate of drug-likeness (QED) is 0.815. The van der Waals surface area contributed by atoms with Gasteiger partial charge in [0.2, 0.25) is 0 Å². The van der Waals surface area contributed by atoms with Crippen molar-refractivity contribution >= 4 is 6.09 Å². The molecule has 1 aromatic rings. The van der Waals surface area contributed by atoms with E-state index in [4.69, 9.17) is 9.84 Å². The number of likely N-dealkylation sites (tertiary alicyclic amines) is 1. The molecule has 1 fully saturated rings. The van der Waals surface area contributed by atoms with Gasteiger partial charge >= 0.3 is 6.09 Å². The van der Waals surface area contributed by atoms with Crippen LogP contribution >= 0.6 is 0 Å². The van der Waals surface area contributed by atoms with E-state index in [0.717, 1.165) is 12.0 Å². The molecule has 1 aromatic carbocycles. The number of carboxylic acid groups (broad SMARTS) is 1. The van der Waals surface area contributed by atoms with Crippen molar-refractivity contribution in [3.05, 3.63) is 35.9 Å². The number of nitrogens with zero attached hydrogens (tertiary/aromatic N) is 1. The third-order valence-corrected chi connectivity index (χ3v) is 3.55. The molecule has 2 atom stereocenters. The lowest BCUT2D eigenvalue weighted by Crippen LogP contribution is -2.34. The highest BCUT2D eigenvalue weighted by atomic mass is 19.1. The van der Waals surface area contributed by atoms with Gasteiger partial charge in [0.25, 0.3) is 0 Å². The van der Waals surface area contributed by atoms with Crippen molar-refractivity contribution in [3.8, 4) is 0 Å². The molecule has 1 heterocycles. The van der Waals surface area contributed by atoms with Gasteiger partial charge in [-0.05, 0) is 18.4 Å². The Morgan fingerprint density at radius 2 is 2.15 bits per heavy atom. The molecule has 5 heteroatoms. The fourth-order valence-corrected chi connectivity index (χ4v) is 2.55. The molecule has 2 rings (SSSR count). The highest BCUT2D eigenvalue weighted by molar-refractivity contribution is 5.66. The average Bonchev–Trinajstić information content (AvgIpc) is 2.81. The van der Waals surface area contributed by atoms with E-state index in [-0.39, 0.29) is 12.6 Å². The Balaban J connectivity index is 1.64. The van der Waals surface area contributed by atoms with Gasteiger partial charge in [0.05, 0.1) is 13.2 Å². The third-order valence-electron chi connectivity index (χ3n) is 3.55. The lowest BCUT2D eigenvalue weighted by atomic mass is 10.1. The van der Waals surface area contributed by atoms with Crippen LogP contribution in [0.2, 0.25) is 0 Å². The minimum absolute atomic E-state index is 0.00483. The summed E-state index contributed by atoms with van der Waals surface area (Å²) in [5.74, 6) is 0. The van der Waals surface area contributed by atoms with E-state index in [1.807, 2.05) is 30.3 Å². The molecule has 1 aliphatic rings. The zero-order chi connectivity index (χ0) is 14.4. The van der Waals surface area contributed by atoms with Crippen LogP contribution in [0.1, 0.15) is 24.8 Å². The van der Waals surface area contributed by atoms with E-state index >= 15 is 0 Å². The predicted octanol–water partition coefficient (Wildman–Crippen LogP) is 3.07. The smallest absolute Gasteiger partial charge is 0.407 e. The fraction of sp³-hybridized carbons (Fsp3) is 0.533. The zero-order valence-corrected chi connectivity index (χ0v) is 11.4. The average molecular weight is 281 g/mol. The van der Waals surface area contributed by atoms with E-state index in [1.165, 1.54) is 4.90 Å². The van der Waals surface area contributed by atoms with Crippen LogP contribution in [0.15, 0.2) is 30.3 Å². The normalized spacial score (nSPS) is 22.1. The summed E-state index contributed by atoms with van der Waals surface area (Å²) in [4.78, 5) is 12.2. The van der Waals surface area contributed by atoms with E-state index in [0.29, 0.717) is 26.1 Å². The molecule has 1 amide bonds. The highest BCUT2D eigenvalue weighted by Crippen LogP contribution is 2.24. The van der Waals surface area contributed by atoms with Crippen LogP contribution < -0.4 is 0 Å². The van der Waals surface area contributed by atoms with Gasteiger partial charge in [-0.25, -0.2) is 9.18 Å². The number of amides is 1. The SMILES string of the molecule is O=C(O)N1C[C@H](F)CC1CCCOCc1ccccc1. The number of hydrogen-bond acceptors (Lipinski definition) is 2. The van der Waals surface area contributed by atoms with Gasteiger partial charge in [-0.15, -0.1) is 0 Å². The zero-order valence-electron chi connectivity index (χ0n) is 11.4. The van der Waals surface area contributed by atoms with Crippen molar-refractivity contribution in [2.45, 2.75) is 38.1 Å². The molecule has 0 bridgehead atoms. The lowest BCUT2D eigenvalue weighted by molar-refractivity contribution is 0.106. The first-order chi connectivity index (χ1) is 9.66. The summed E-state index contributed by atoms with van der Waals surface area (Å²) in [6, 6.07) is 9.67. The summed E-state index contributed by atoms with van der Waals surface area (Å²) in [6.45, 7) is 1.13. The van der Waals surface area contributed by atoms with Gasteiger partial charge in [0.1, 0.15) is 6.17 Å². The maximum Gasteiger partial charge on any atom is 0.407 e. The van der Waals surface area contributed by atoms with Crippen LogP contribution in [0.25, 0.3) is 0 Å². The van der Waals surface area contributed by atoms with Crippen LogP contribution in [0, 0.1) is 0 Å². The summed E-state index contributed by atoms with van der Waals surface area (Å²) in [5.41, 5.74) is 1.12. The fourth-order valence-electron chi connectivity index (χ4n) is 2.55. The van der Waals surface area contributed by atoms with Crippen molar-refractivity contribution in [1.82, 2.24) is 4.90 Å². The molecule has 110 valence electrons. The van der Waals surface area contributed by atoms with Gasteiger partial charge in [0, 0.05) is 19.1 Å². The van der Waals surface area contributed by atoms with Gasteiger partial charge < -0.3 is 14.7 Å². The van der Waals surface area contributed by atoms with E-state index in [2.05, 4.69) is 0 Å². The first-order valence-corrected chi connectivity index (χ1v) is 6.92. The number of halogens is 1. The van der Waals surface area contributed by atoms with Gasteiger partial charge in [-0.3, -0.25) is 0 Å². The number of carbonyl (C=O) groups is 1. The topological polar surface area (TPSA) is 49.8 Å². The van der Waals surface area contributed by atoms with Crippen molar-refractivity contribution < 1.29 is 19.0 Å². The molecule has 0 aromatic heterocycles. The van der Waals surface area contributed by atoms with E-state index in [1.54, 1.807) is 0 Å². The van der Waals surface area contributed by atoms with Crippen LogP contribution in [0.4, 0.5) is 9.18 Å². The van der Waals surface area contributed by atoms with Crippen molar-refractivity contribution in [2.75, 3.05) is 13.2 Å². The molecule has 4 nitrogen and oxygen atoms in total. The number of ether oxygens (including phenoxy) is 1. The lowest BCUT2D eigenvalue weighted by Gasteiger charge is -2.20. The van der Waals surface area contributed by atoms with Crippen LogP contribution in [0.5, 0.6) is 0 Å². The first kappa shape index (κ1) is 14.8. The van der Waals surface area contributed by atoms with Crippen molar-refractivity contribution in [2.24, 2.45) is 0 Å². The van der Waals surface area contributed by atoms with Gasteiger partial charge in [0.15, 0.2) is 0 Å². The molecule has 1 unspecified atom stereocenters. The molecule has 1 aliphatic heterocycles. The Morgan fingerprint density at radius 1 is 1.40 bits per heavy atom. The second kappa shape index (κ2) is 7.24. The Labute approximate surface area is 118 Å². The van der Waals surface area contributed by atoms with Crippen LogP contribution in [-0.4, -0.2) is 41.5 Å². The second-order valence-corrected chi connectivity index (χ2v) is 5.10. The van der Waals surface area contributed by atoms with E-state index < -0.39 is 12.3 Å². The van der Waals surface area contributed by atoms with Gasteiger partial charge in [-0.1, -0.05) is 30.3 Å². The molecule has 1 saturated heterocycles. The predicted molar refractivity (Wildman–Crippen MR) is 73.4 cm³/mol. The number of benzene rings is 1. The Hall–Kier alpha value is -1.62. The molecule has 1 N–H and O–H groups in total. The largest absolute Gasteiger partial charge is 0.465 e. The molecule has 0 saturated carbocycles. The van der Waals surface area contributed by atoms with E-state index in [9.17, 15) is 9.18 Å². The van der Waals surface area contributed by atoms with Crippen molar-refractivity contribution in [1.29, 1.82) is 0 Å². The number of alkyl halides is 1. The Morgan fingerprint density at radius 3 is 2.85 bits per heavy atom. The Kier molecular flexibility index (Phi) is 5.35. The molecular weight excluding hydrogens is 261 g/mol. The molecular formula is C15H20FNO3. The standard InChI is InChI=1S/C15H20FNO3/c16-13-9-14(17(10-13)15(18)19)7-4-8-20-11-12-5-2-1-3-6-12/h1-3,5-6,13-14H,4,7-11H2,(H,18,19)/t13-,14?/m1/s1. The first-order valence-electron chi connectivity index (χ1n) is 6.92. The second-order valence-electron chi connectivity index (χ2n) is 5.10. The molecule has 0 spiro atoms. The summed E-state index contributed by atoms with van der Waals surface area (Å²) < 4.78 is 18.8. The monoisotopic (exact) mass is 281 g/mol.